The Morgan fingerprint density at radius 2 is 1.95 bits per heavy atom. The van der Waals surface area contributed by atoms with E-state index in [9.17, 15) is 22.8 Å². The predicted octanol–water partition coefficient (Wildman–Crippen LogP) is 0.925. The Balaban J connectivity index is 0.00000324. The van der Waals surface area contributed by atoms with Gasteiger partial charge in [0, 0.05) is 6.20 Å². The second-order valence-corrected chi connectivity index (χ2v) is 3.53. The molecule has 0 aromatic carbocycles. The molecule has 0 aliphatic carbocycles. The van der Waals surface area contributed by atoms with Crippen LogP contribution in [-0.2, 0) is 15.8 Å². The SMILES string of the molecule is CC(NC(=O)C(N)=O)c1ccc(C(F)(F)F)cn1.N. The zero-order valence-corrected chi connectivity index (χ0v) is 9.99. The van der Waals surface area contributed by atoms with Gasteiger partial charge in [0.1, 0.15) is 0 Å². The number of alkyl halides is 3. The van der Waals surface area contributed by atoms with E-state index in [1.165, 1.54) is 6.92 Å². The molecule has 2 amide bonds. The molecule has 1 atom stereocenters. The summed E-state index contributed by atoms with van der Waals surface area (Å²) >= 11 is 0. The Labute approximate surface area is 106 Å². The molecule has 0 fully saturated rings. The highest BCUT2D eigenvalue weighted by Crippen LogP contribution is 2.28. The van der Waals surface area contributed by atoms with Crippen LogP contribution in [0, 0.1) is 0 Å². The summed E-state index contributed by atoms with van der Waals surface area (Å²) in [6, 6.07) is 1.25. The topological polar surface area (TPSA) is 120 Å². The van der Waals surface area contributed by atoms with E-state index in [2.05, 4.69) is 10.3 Å². The molecule has 6 nitrogen and oxygen atoms in total. The number of aromatic nitrogens is 1. The first-order valence-electron chi connectivity index (χ1n) is 4.85. The van der Waals surface area contributed by atoms with Gasteiger partial charge in [0.15, 0.2) is 0 Å². The molecule has 0 saturated heterocycles. The van der Waals surface area contributed by atoms with Crippen LogP contribution in [0.2, 0.25) is 0 Å². The molecule has 1 aromatic heterocycles. The van der Waals surface area contributed by atoms with Crippen LogP contribution in [-0.4, -0.2) is 16.8 Å². The van der Waals surface area contributed by atoms with Gasteiger partial charge >= 0.3 is 18.0 Å². The molecule has 1 heterocycles. The first kappa shape index (κ1) is 16.8. The summed E-state index contributed by atoms with van der Waals surface area (Å²) in [5, 5.41) is 2.20. The molecule has 9 heteroatoms. The van der Waals surface area contributed by atoms with E-state index in [1.807, 2.05) is 0 Å². The van der Waals surface area contributed by atoms with Gasteiger partial charge in [-0.15, -0.1) is 0 Å². The zero-order valence-electron chi connectivity index (χ0n) is 9.99. The summed E-state index contributed by atoms with van der Waals surface area (Å²) < 4.78 is 36.8. The summed E-state index contributed by atoms with van der Waals surface area (Å²) in [6.45, 7) is 1.47. The number of rotatable bonds is 2. The molecule has 1 unspecified atom stereocenters. The molecule has 6 N–H and O–H groups in total. The maximum Gasteiger partial charge on any atom is 0.417 e. The van der Waals surface area contributed by atoms with Crippen LogP contribution >= 0.6 is 0 Å². The van der Waals surface area contributed by atoms with Crippen LogP contribution in [0.1, 0.15) is 24.2 Å². The summed E-state index contributed by atoms with van der Waals surface area (Å²) in [6.07, 6.45) is -3.81. The lowest BCUT2D eigenvalue weighted by atomic mass is 10.2. The number of halogens is 3. The van der Waals surface area contributed by atoms with Crippen molar-refractivity contribution in [2.45, 2.75) is 19.1 Å². The van der Waals surface area contributed by atoms with Crippen LogP contribution in [0.4, 0.5) is 13.2 Å². The Morgan fingerprint density at radius 1 is 1.37 bits per heavy atom. The van der Waals surface area contributed by atoms with E-state index in [0.717, 1.165) is 12.1 Å². The van der Waals surface area contributed by atoms with E-state index >= 15 is 0 Å². The predicted molar refractivity (Wildman–Crippen MR) is 60.0 cm³/mol. The van der Waals surface area contributed by atoms with E-state index < -0.39 is 29.6 Å². The van der Waals surface area contributed by atoms with Crippen LogP contribution in [0.15, 0.2) is 18.3 Å². The van der Waals surface area contributed by atoms with Crippen LogP contribution < -0.4 is 17.2 Å². The quantitative estimate of drug-likeness (QED) is 0.696. The first-order valence-corrected chi connectivity index (χ1v) is 4.85. The number of nitrogens with one attached hydrogen (secondary N) is 1. The monoisotopic (exact) mass is 278 g/mol. The Bertz CT molecular complexity index is 459. The van der Waals surface area contributed by atoms with Crippen molar-refractivity contribution in [3.05, 3.63) is 29.6 Å². The van der Waals surface area contributed by atoms with Gasteiger partial charge in [0.05, 0.1) is 17.3 Å². The Kier molecular flexibility index (Phi) is 5.44. The number of hydrogen-bond donors (Lipinski definition) is 3. The third kappa shape index (κ3) is 4.54. The number of hydrogen-bond acceptors (Lipinski definition) is 4. The van der Waals surface area contributed by atoms with Crippen LogP contribution in [0.25, 0.3) is 0 Å². The van der Waals surface area contributed by atoms with Gasteiger partial charge in [-0.25, -0.2) is 0 Å². The maximum atomic E-state index is 12.3. The summed E-state index contributed by atoms with van der Waals surface area (Å²) in [5.41, 5.74) is 4.03. The molecule has 0 saturated carbocycles. The maximum absolute atomic E-state index is 12.3. The molecule has 1 rings (SSSR count). The van der Waals surface area contributed by atoms with Crippen LogP contribution in [0.5, 0.6) is 0 Å². The molecule has 0 spiro atoms. The van der Waals surface area contributed by atoms with Gasteiger partial charge in [0.2, 0.25) is 0 Å². The van der Waals surface area contributed by atoms with Crippen molar-refractivity contribution in [1.29, 1.82) is 0 Å². The number of nitrogens with two attached hydrogens (primary N) is 1. The highest BCUT2D eigenvalue weighted by molar-refractivity contribution is 6.34. The lowest BCUT2D eigenvalue weighted by Gasteiger charge is -2.13. The fourth-order valence-electron chi connectivity index (χ4n) is 1.17. The minimum absolute atomic E-state index is 0. The van der Waals surface area contributed by atoms with Gasteiger partial charge in [0.25, 0.3) is 0 Å². The highest BCUT2D eigenvalue weighted by Gasteiger charge is 2.30. The lowest BCUT2D eigenvalue weighted by Crippen LogP contribution is -2.37. The molecule has 0 aliphatic rings. The van der Waals surface area contributed by atoms with Crippen molar-refractivity contribution in [2.75, 3.05) is 0 Å². The van der Waals surface area contributed by atoms with E-state index in [-0.39, 0.29) is 11.8 Å². The number of nitrogens with zero attached hydrogens (tertiary/aromatic N) is 1. The summed E-state index contributed by atoms with van der Waals surface area (Å²) in [4.78, 5) is 25.0. The summed E-state index contributed by atoms with van der Waals surface area (Å²) in [5.74, 6) is -2.20. The van der Waals surface area contributed by atoms with Gasteiger partial charge < -0.3 is 17.2 Å². The van der Waals surface area contributed by atoms with Crippen molar-refractivity contribution in [3.8, 4) is 0 Å². The molecule has 0 aliphatic heterocycles. The fraction of sp³-hybridized carbons (Fsp3) is 0.300. The average Bonchev–Trinajstić information content (AvgIpc) is 2.27. The van der Waals surface area contributed by atoms with E-state index in [0.29, 0.717) is 6.20 Å². The zero-order chi connectivity index (χ0) is 13.9. The second-order valence-electron chi connectivity index (χ2n) is 3.53. The minimum Gasteiger partial charge on any atom is -0.361 e. The fourth-order valence-corrected chi connectivity index (χ4v) is 1.17. The molecular weight excluding hydrogens is 265 g/mol. The van der Waals surface area contributed by atoms with Gasteiger partial charge in [-0.2, -0.15) is 13.2 Å². The summed E-state index contributed by atoms with van der Waals surface area (Å²) in [7, 11) is 0. The molecular formula is C10H13F3N4O2. The highest BCUT2D eigenvalue weighted by atomic mass is 19.4. The van der Waals surface area contributed by atoms with Crippen molar-refractivity contribution in [3.63, 3.8) is 0 Å². The van der Waals surface area contributed by atoms with Crippen molar-refractivity contribution in [1.82, 2.24) is 16.5 Å². The molecule has 19 heavy (non-hydrogen) atoms. The number of primary amides is 1. The minimum atomic E-state index is -4.47. The molecule has 106 valence electrons. The van der Waals surface area contributed by atoms with Gasteiger partial charge in [-0.1, -0.05) is 0 Å². The average molecular weight is 278 g/mol. The third-order valence-electron chi connectivity index (χ3n) is 2.13. The van der Waals surface area contributed by atoms with E-state index in [4.69, 9.17) is 5.73 Å². The Hall–Kier alpha value is -2.16. The standard InChI is InChI=1S/C10H10F3N3O2.H3N/c1-5(16-9(18)8(14)17)7-3-2-6(4-15-7)10(11,12)13;/h2-5H,1H3,(H2,14,17)(H,16,18);1H3. The number of pyridine rings is 1. The Morgan fingerprint density at radius 3 is 2.32 bits per heavy atom. The van der Waals surface area contributed by atoms with E-state index in [1.54, 1.807) is 0 Å². The molecule has 0 radical (unpaired) electrons. The molecule has 0 bridgehead atoms. The van der Waals surface area contributed by atoms with Gasteiger partial charge in [-0.05, 0) is 19.1 Å². The third-order valence-corrected chi connectivity index (χ3v) is 2.13. The van der Waals surface area contributed by atoms with Crippen molar-refractivity contribution < 1.29 is 22.8 Å². The molecule has 1 aromatic rings. The van der Waals surface area contributed by atoms with Crippen molar-refractivity contribution in [2.24, 2.45) is 5.73 Å². The van der Waals surface area contributed by atoms with Gasteiger partial charge in [-0.3, -0.25) is 14.6 Å². The largest absolute Gasteiger partial charge is 0.417 e. The normalized spacial score (nSPS) is 12.2. The van der Waals surface area contributed by atoms with Crippen molar-refractivity contribution >= 4 is 11.8 Å². The smallest absolute Gasteiger partial charge is 0.361 e. The van der Waals surface area contributed by atoms with Crippen LogP contribution in [0.3, 0.4) is 0 Å². The number of carbonyl (C=O) groups is 2. The first-order chi connectivity index (χ1) is 8.21. The number of carbonyl (C=O) groups excluding carboxylic acids is 2. The lowest BCUT2D eigenvalue weighted by molar-refractivity contribution is -0.138. The number of amides is 2. The second kappa shape index (κ2) is 6.14.